The van der Waals surface area contributed by atoms with Gasteiger partial charge in [0.05, 0.1) is 0 Å². The van der Waals surface area contributed by atoms with E-state index >= 15 is 0 Å². The molecule has 1 unspecified atom stereocenters. The highest BCUT2D eigenvalue weighted by Crippen LogP contribution is 2.39. The van der Waals surface area contributed by atoms with E-state index in [0.29, 0.717) is 13.1 Å². The van der Waals surface area contributed by atoms with Crippen LogP contribution in [0.1, 0.15) is 25.7 Å². The molecule has 8 heteroatoms. The summed E-state index contributed by atoms with van der Waals surface area (Å²) in [6, 6.07) is 4.90. The van der Waals surface area contributed by atoms with Gasteiger partial charge in [0.1, 0.15) is 0 Å². The Morgan fingerprint density at radius 2 is 1.79 bits per heavy atom. The van der Waals surface area contributed by atoms with Gasteiger partial charge in [-0.25, -0.2) is 23.5 Å². The summed E-state index contributed by atoms with van der Waals surface area (Å²) < 4.78 is 26.5. The Labute approximate surface area is 162 Å². The Bertz CT molecular complexity index is 846. The fourth-order valence-electron chi connectivity index (χ4n) is 4.32. The van der Waals surface area contributed by atoms with Crippen LogP contribution in [0.4, 0.5) is 25.2 Å². The van der Waals surface area contributed by atoms with Gasteiger partial charge in [-0.15, -0.1) is 0 Å². The quantitative estimate of drug-likeness (QED) is 0.854. The van der Waals surface area contributed by atoms with E-state index in [-0.39, 0.29) is 17.1 Å². The summed E-state index contributed by atoms with van der Waals surface area (Å²) >= 11 is 0. The lowest BCUT2D eigenvalue weighted by atomic mass is 9.74. The fourth-order valence-corrected chi connectivity index (χ4v) is 4.32. The second-order valence-electron chi connectivity index (χ2n) is 7.66. The van der Waals surface area contributed by atoms with Crippen molar-refractivity contribution in [3.8, 4) is 0 Å². The summed E-state index contributed by atoms with van der Waals surface area (Å²) in [5, 5.41) is 2.69. The summed E-state index contributed by atoms with van der Waals surface area (Å²) in [5.41, 5.74) is 0.257. The molecule has 148 valence electrons. The van der Waals surface area contributed by atoms with Gasteiger partial charge in [0.15, 0.2) is 11.6 Å². The summed E-state index contributed by atoms with van der Waals surface area (Å²) in [4.78, 5) is 25.4. The van der Waals surface area contributed by atoms with E-state index < -0.39 is 11.6 Å². The lowest BCUT2D eigenvalue weighted by Gasteiger charge is -2.48. The number of hydrogen-bond acceptors (Lipinski definition) is 4. The Morgan fingerprint density at radius 3 is 2.54 bits per heavy atom. The highest BCUT2D eigenvalue weighted by Gasteiger charge is 2.41. The molecule has 1 atom stereocenters. The van der Waals surface area contributed by atoms with Gasteiger partial charge in [-0.2, -0.15) is 0 Å². The van der Waals surface area contributed by atoms with Crippen molar-refractivity contribution >= 4 is 17.7 Å². The van der Waals surface area contributed by atoms with Crippen molar-refractivity contribution in [2.75, 3.05) is 36.4 Å². The maximum Gasteiger partial charge on any atom is 0.321 e. The van der Waals surface area contributed by atoms with Gasteiger partial charge in [-0.1, -0.05) is 0 Å². The molecule has 0 saturated carbocycles. The van der Waals surface area contributed by atoms with E-state index in [0.717, 1.165) is 56.9 Å². The number of aromatic nitrogens is 2. The number of piperidine rings is 2. The van der Waals surface area contributed by atoms with Gasteiger partial charge in [0, 0.05) is 55.7 Å². The molecule has 3 heterocycles. The molecule has 1 N–H and O–H groups in total. The van der Waals surface area contributed by atoms with Crippen LogP contribution in [0.5, 0.6) is 0 Å². The van der Waals surface area contributed by atoms with Crippen molar-refractivity contribution in [1.82, 2.24) is 14.9 Å². The average Bonchev–Trinajstić information content (AvgIpc) is 2.71. The Morgan fingerprint density at radius 1 is 1.04 bits per heavy atom. The molecule has 2 saturated heterocycles. The first-order valence-electron chi connectivity index (χ1n) is 9.58. The topological polar surface area (TPSA) is 61.4 Å². The van der Waals surface area contributed by atoms with E-state index in [1.54, 1.807) is 23.4 Å². The number of benzene rings is 1. The number of amides is 2. The molecule has 0 bridgehead atoms. The van der Waals surface area contributed by atoms with Crippen LogP contribution in [0.15, 0.2) is 36.7 Å². The van der Waals surface area contributed by atoms with Gasteiger partial charge in [0.2, 0.25) is 5.95 Å². The van der Waals surface area contributed by atoms with E-state index in [1.165, 1.54) is 6.07 Å². The van der Waals surface area contributed by atoms with Crippen LogP contribution in [0.3, 0.4) is 0 Å². The van der Waals surface area contributed by atoms with E-state index in [4.69, 9.17) is 0 Å². The Balaban J connectivity index is 1.44. The zero-order chi connectivity index (χ0) is 19.6. The third-order valence-corrected chi connectivity index (χ3v) is 5.62. The van der Waals surface area contributed by atoms with Gasteiger partial charge in [-0.05, 0) is 43.9 Å². The summed E-state index contributed by atoms with van der Waals surface area (Å²) in [6.07, 6.45) is 7.51. The minimum Gasteiger partial charge on any atom is -0.340 e. The molecule has 2 aromatic rings. The highest BCUT2D eigenvalue weighted by atomic mass is 19.2. The SMILES string of the molecule is O=C(Nc1ccc(F)c(F)c1)N1CCCC2(CCCN(c3ncccn3)C2)C1. The maximum absolute atomic E-state index is 13.4. The molecule has 6 nitrogen and oxygen atoms in total. The number of hydrogen-bond donors (Lipinski definition) is 1. The third-order valence-electron chi connectivity index (χ3n) is 5.62. The fraction of sp³-hybridized carbons (Fsp3) is 0.450. The van der Waals surface area contributed by atoms with Crippen LogP contribution in [-0.2, 0) is 0 Å². The van der Waals surface area contributed by atoms with Crippen LogP contribution < -0.4 is 10.2 Å². The molecule has 0 aliphatic carbocycles. The molecule has 28 heavy (non-hydrogen) atoms. The monoisotopic (exact) mass is 387 g/mol. The normalized spacial score (nSPS) is 22.4. The van der Waals surface area contributed by atoms with Crippen molar-refractivity contribution < 1.29 is 13.6 Å². The molecule has 2 aliphatic rings. The largest absolute Gasteiger partial charge is 0.340 e. The first-order chi connectivity index (χ1) is 13.5. The molecular formula is C20H23F2N5O. The van der Waals surface area contributed by atoms with Crippen LogP contribution >= 0.6 is 0 Å². The second-order valence-corrected chi connectivity index (χ2v) is 7.66. The zero-order valence-corrected chi connectivity index (χ0v) is 15.6. The molecule has 1 aromatic carbocycles. The number of rotatable bonds is 2. The van der Waals surface area contributed by atoms with Crippen LogP contribution in [0, 0.1) is 17.0 Å². The molecule has 4 rings (SSSR count). The number of urea groups is 1. The first kappa shape index (κ1) is 18.6. The number of carbonyl (C=O) groups is 1. The summed E-state index contributed by atoms with van der Waals surface area (Å²) in [6.45, 7) is 3.00. The molecule has 1 aromatic heterocycles. The predicted octanol–water partition coefficient (Wildman–Crippen LogP) is 3.67. The Kier molecular flexibility index (Phi) is 5.11. The van der Waals surface area contributed by atoms with Crippen LogP contribution in [0.25, 0.3) is 0 Å². The van der Waals surface area contributed by atoms with Crippen LogP contribution in [0.2, 0.25) is 0 Å². The molecule has 0 radical (unpaired) electrons. The van der Waals surface area contributed by atoms with Gasteiger partial charge >= 0.3 is 6.03 Å². The van der Waals surface area contributed by atoms with Crippen molar-refractivity contribution in [3.05, 3.63) is 48.3 Å². The molecular weight excluding hydrogens is 364 g/mol. The molecule has 2 fully saturated rings. The lowest BCUT2D eigenvalue weighted by molar-refractivity contribution is 0.0948. The minimum atomic E-state index is -0.973. The smallest absolute Gasteiger partial charge is 0.321 e. The number of anilines is 2. The Hall–Kier alpha value is -2.77. The first-order valence-corrected chi connectivity index (χ1v) is 9.58. The van der Waals surface area contributed by atoms with Gasteiger partial charge < -0.3 is 15.1 Å². The van der Waals surface area contributed by atoms with E-state index in [2.05, 4.69) is 20.2 Å². The molecule has 2 amide bonds. The summed E-state index contributed by atoms with van der Waals surface area (Å²) in [5.74, 6) is -1.18. The van der Waals surface area contributed by atoms with Gasteiger partial charge in [0.25, 0.3) is 0 Å². The van der Waals surface area contributed by atoms with Crippen molar-refractivity contribution in [2.24, 2.45) is 5.41 Å². The number of likely N-dealkylation sites (tertiary alicyclic amines) is 1. The van der Waals surface area contributed by atoms with Crippen molar-refractivity contribution in [1.29, 1.82) is 0 Å². The number of nitrogens with one attached hydrogen (secondary N) is 1. The lowest BCUT2D eigenvalue weighted by Crippen LogP contribution is -2.54. The summed E-state index contributed by atoms with van der Waals surface area (Å²) in [7, 11) is 0. The van der Waals surface area contributed by atoms with E-state index in [1.807, 2.05) is 0 Å². The average molecular weight is 387 g/mol. The zero-order valence-electron chi connectivity index (χ0n) is 15.6. The standard InChI is InChI=1S/C20H23F2N5O/c21-16-5-4-15(12-17(16)22)25-19(28)27-11-2-7-20(14-27)6-1-10-26(13-20)18-23-8-3-9-24-18/h3-5,8-9,12H,1-2,6-7,10-11,13-14H2,(H,25,28). The molecule has 1 spiro atoms. The van der Waals surface area contributed by atoms with Crippen LogP contribution in [-0.4, -0.2) is 47.1 Å². The second kappa shape index (κ2) is 7.69. The number of carbonyl (C=O) groups excluding carboxylic acids is 1. The third kappa shape index (κ3) is 3.90. The number of halogens is 2. The van der Waals surface area contributed by atoms with Crippen molar-refractivity contribution in [3.63, 3.8) is 0 Å². The minimum absolute atomic E-state index is 0.00108. The maximum atomic E-state index is 13.4. The molecule has 2 aliphatic heterocycles. The van der Waals surface area contributed by atoms with Gasteiger partial charge in [-0.3, -0.25) is 0 Å². The predicted molar refractivity (Wildman–Crippen MR) is 102 cm³/mol. The number of nitrogens with zero attached hydrogens (tertiary/aromatic N) is 4. The van der Waals surface area contributed by atoms with Crippen molar-refractivity contribution in [2.45, 2.75) is 25.7 Å². The highest BCUT2D eigenvalue weighted by molar-refractivity contribution is 5.89. The van der Waals surface area contributed by atoms with E-state index in [9.17, 15) is 13.6 Å².